The fourth-order valence-corrected chi connectivity index (χ4v) is 5.33. The molecule has 0 unspecified atom stereocenters. The Kier molecular flexibility index (Phi) is 6.75. The Morgan fingerprint density at radius 3 is 2.42 bits per heavy atom. The van der Waals surface area contributed by atoms with Gasteiger partial charge in [0.15, 0.2) is 21.3 Å². The van der Waals surface area contributed by atoms with Gasteiger partial charge in [0.05, 0.1) is 30.9 Å². The highest BCUT2D eigenvalue weighted by Gasteiger charge is 2.32. The summed E-state index contributed by atoms with van der Waals surface area (Å²) in [4.78, 5) is 14.2. The first-order valence-corrected chi connectivity index (χ1v) is 10.5. The van der Waals surface area contributed by atoms with Gasteiger partial charge in [-0.2, -0.15) is 0 Å². The van der Waals surface area contributed by atoms with Crippen LogP contribution in [0.2, 0.25) is 0 Å². The lowest BCUT2D eigenvalue weighted by Gasteiger charge is -2.32. The van der Waals surface area contributed by atoms with Gasteiger partial charge in [0.25, 0.3) is 0 Å². The summed E-state index contributed by atoms with van der Waals surface area (Å²) >= 11 is 0. The number of benzene rings is 1. The average molecular weight is 384 g/mol. The molecule has 1 fully saturated rings. The number of carbonyl (C=O) groups excluding carboxylic acids is 1. The number of piperidine rings is 1. The van der Waals surface area contributed by atoms with Crippen LogP contribution in [0.4, 0.5) is 10.5 Å². The van der Waals surface area contributed by atoms with Gasteiger partial charge in [0.2, 0.25) is 0 Å². The molecule has 1 N–H and O–H groups in total. The van der Waals surface area contributed by atoms with Crippen molar-refractivity contribution in [3.63, 3.8) is 0 Å². The Labute approximate surface area is 155 Å². The van der Waals surface area contributed by atoms with Crippen molar-refractivity contribution in [2.75, 3.05) is 38.4 Å². The standard InChI is InChI=1S/C18H28N2O5S/c1-13(2)12-26(22,23)14-8-10-20(11-9-14)18(21)19-15-6-5-7-16(24-3)17(15)25-4/h5-7,13-14H,8-12H2,1-4H3,(H,19,21). The highest BCUT2D eigenvalue weighted by atomic mass is 32.2. The lowest BCUT2D eigenvalue weighted by Crippen LogP contribution is -2.45. The average Bonchev–Trinajstić information content (AvgIpc) is 2.60. The van der Waals surface area contributed by atoms with E-state index in [-0.39, 0.29) is 23.0 Å². The van der Waals surface area contributed by atoms with Crippen molar-refractivity contribution < 1.29 is 22.7 Å². The van der Waals surface area contributed by atoms with Crippen LogP contribution >= 0.6 is 0 Å². The molecule has 2 rings (SSSR count). The number of sulfone groups is 1. The van der Waals surface area contributed by atoms with Crippen molar-refractivity contribution in [2.45, 2.75) is 31.9 Å². The first kappa shape index (κ1) is 20.4. The number of para-hydroxylation sites is 1. The van der Waals surface area contributed by atoms with Crippen molar-refractivity contribution in [1.29, 1.82) is 0 Å². The summed E-state index contributed by atoms with van der Waals surface area (Å²) in [5, 5.41) is 2.46. The topological polar surface area (TPSA) is 84.9 Å². The van der Waals surface area contributed by atoms with E-state index < -0.39 is 9.84 Å². The molecule has 1 aliphatic heterocycles. The lowest BCUT2D eigenvalue weighted by molar-refractivity contribution is 0.200. The molecule has 26 heavy (non-hydrogen) atoms. The smallest absolute Gasteiger partial charge is 0.321 e. The lowest BCUT2D eigenvalue weighted by atomic mass is 10.1. The number of ether oxygens (including phenoxy) is 2. The number of nitrogens with one attached hydrogen (secondary N) is 1. The fourth-order valence-electron chi connectivity index (χ4n) is 3.20. The molecule has 1 heterocycles. The zero-order valence-electron chi connectivity index (χ0n) is 15.8. The Balaban J connectivity index is 1.99. The minimum atomic E-state index is -3.11. The van der Waals surface area contributed by atoms with Crippen LogP contribution in [0.1, 0.15) is 26.7 Å². The number of hydrogen-bond donors (Lipinski definition) is 1. The van der Waals surface area contributed by atoms with E-state index in [1.807, 2.05) is 13.8 Å². The number of anilines is 1. The van der Waals surface area contributed by atoms with Gasteiger partial charge < -0.3 is 19.7 Å². The molecule has 0 spiro atoms. The molecule has 0 radical (unpaired) electrons. The van der Waals surface area contributed by atoms with Crippen LogP contribution in [0, 0.1) is 5.92 Å². The summed E-state index contributed by atoms with van der Waals surface area (Å²) < 4.78 is 35.3. The molecule has 2 amide bonds. The highest BCUT2D eigenvalue weighted by Crippen LogP contribution is 2.35. The zero-order chi connectivity index (χ0) is 19.3. The molecule has 1 aromatic rings. The van der Waals surface area contributed by atoms with Crippen molar-refractivity contribution in [3.8, 4) is 11.5 Å². The molecule has 1 saturated heterocycles. The van der Waals surface area contributed by atoms with E-state index >= 15 is 0 Å². The molecule has 7 nitrogen and oxygen atoms in total. The van der Waals surface area contributed by atoms with Gasteiger partial charge in [0.1, 0.15) is 0 Å². The van der Waals surface area contributed by atoms with Crippen molar-refractivity contribution >= 4 is 21.6 Å². The molecule has 0 aromatic heterocycles. The SMILES string of the molecule is COc1cccc(NC(=O)N2CCC(S(=O)(=O)CC(C)C)CC2)c1OC. The molecule has 0 aliphatic carbocycles. The van der Waals surface area contributed by atoms with E-state index in [4.69, 9.17) is 9.47 Å². The number of carbonyl (C=O) groups is 1. The van der Waals surface area contributed by atoms with Gasteiger partial charge >= 0.3 is 6.03 Å². The second-order valence-electron chi connectivity index (χ2n) is 6.88. The maximum atomic E-state index is 12.5. The number of hydrogen-bond acceptors (Lipinski definition) is 5. The van der Waals surface area contributed by atoms with Crippen LogP contribution in [0.15, 0.2) is 18.2 Å². The van der Waals surface area contributed by atoms with Crippen molar-refractivity contribution in [3.05, 3.63) is 18.2 Å². The number of likely N-dealkylation sites (tertiary alicyclic amines) is 1. The van der Waals surface area contributed by atoms with Gasteiger partial charge in [-0.25, -0.2) is 13.2 Å². The monoisotopic (exact) mass is 384 g/mol. The van der Waals surface area contributed by atoms with Crippen molar-refractivity contribution in [1.82, 2.24) is 4.90 Å². The van der Waals surface area contributed by atoms with Gasteiger partial charge in [-0.05, 0) is 30.9 Å². The van der Waals surface area contributed by atoms with Crippen LogP contribution in [-0.2, 0) is 9.84 Å². The minimum Gasteiger partial charge on any atom is -0.493 e. The Morgan fingerprint density at radius 2 is 1.88 bits per heavy atom. The van der Waals surface area contributed by atoms with Crippen molar-refractivity contribution in [2.24, 2.45) is 5.92 Å². The van der Waals surface area contributed by atoms with Crippen LogP contribution in [0.5, 0.6) is 11.5 Å². The van der Waals surface area contributed by atoms with Crippen LogP contribution in [0.25, 0.3) is 0 Å². The van der Waals surface area contributed by atoms with E-state index in [1.54, 1.807) is 23.1 Å². The van der Waals surface area contributed by atoms with Gasteiger partial charge in [0, 0.05) is 13.1 Å². The third-order valence-corrected chi connectivity index (χ3v) is 7.07. The Hall–Kier alpha value is -1.96. The summed E-state index contributed by atoms with van der Waals surface area (Å²) in [6.07, 6.45) is 0.940. The first-order chi connectivity index (χ1) is 12.3. The third-order valence-electron chi connectivity index (χ3n) is 4.45. The number of nitrogens with zero attached hydrogens (tertiary/aromatic N) is 1. The fraction of sp³-hybridized carbons (Fsp3) is 0.611. The zero-order valence-corrected chi connectivity index (χ0v) is 16.6. The highest BCUT2D eigenvalue weighted by molar-refractivity contribution is 7.92. The molecule has 1 aromatic carbocycles. The number of amides is 2. The Bertz CT molecular complexity index is 725. The number of rotatable bonds is 6. The normalized spacial score (nSPS) is 15.8. The molecule has 146 valence electrons. The quantitative estimate of drug-likeness (QED) is 0.815. The second-order valence-corrected chi connectivity index (χ2v) is 9.21. The largest absolute Gasteiger partial charge is 0.493 e. The number of methoxy groups -OCH3 is 2. The third kappa shape index (κ3) is 4.81. The maximum absolute atomic E-state index is 12.5. The molecular weight excluding hydrogens is 356 g/mol. The summed E-state index contributed by atoms with van der Waals surface area (Å²) in [5.41, 5.74) is 0.520. The summed E-state index contributed by atoms with van der Waals surface area (Å²) in [7, 11) is -0.0591. The minimum absolute atomic E-state index is 0.113. The summed E-state index contributed by atoms with van der Waals surface area (Å²) in [6.45, 7) is 4.64. The molecule has 8 heteroatoms. The second kappa shape index (κ2) is 8.62. The first-order valence-electron chi connectivity index (χ1n) is 8.77. The van der Waals surface area contributed by atoms with E-state index in [0.29, 0.717) is 43.1 Å². The molecule has 0 atom stereocenters. The van der Waals surface area contributed by atoms with E-state index in [1.165, 1.54) is 14.2 Å². The molecular formula is C18H28N2O5S. The van der Waals surface area contributed by atoms with E-state index in [0.717, 1.165) is 0 Å². The summed E-state index contributed by atoms with van der Waals surface area (Å²) in [5.74, 6) is 1.30. The van der Waals surface area contributed by atoms with Crippen LogP contribution in [-0.4, -0.2) is 57.7 Å². The molecule has 0 bridgehead atoms. The van der Waals surface area contributed by atoms with Gasteiger partial charge in [-0.15, -0.1) is 0 Å². The van der Waals surface area contributed by atoms with Gasteiger partial charge in [-0.1, -0.05) is 19.9 Å². The van der Waals surface area contributed by atoms with E-state index in [2.05, 4.69) is 5.32 Å². The predicted molar refractivity (Wildman–Crippen MR) is 102 cm³/mol. The van der Waals surface area contributed by atoms with Crippen LogP contribution < -0.4 is 14.8 Å². The predicted octanol–water partition coefficient (Wildman–Crippen LogP) is 2.77. The maximum Gasteiger partial charge on any atom is 0.321 e. The van der Waals surface area contributed by atoms with Crippen LogP contribution in [0.3, 0.4) is 0 Å². The molecule has 0 saturated carbocycles. The van der Waals surface area contributed by atoms with E-state index in [9.17, 15) is 13.2 Å². The molecule has 1 aliphatic rings. The number of urea groups is 1. The van der Waals surface area contributed by atoms with Gasteiger partial charge in [-0.3, -0.25) is 0 Å². The Morgan fingerprint density at radius 1 is 1.23 bits per heavy atom. The summed E-state index contributed by atoms with van der Waals surface area (Å²) in [6, 6.07) is 4.98.